The number of amidine groups is 1. The van der Waals surface area contributed by atoms with Crippen molar-refractivity contribution in [2.75, 3.05) is 18.1 Å². The lowest BCUT2D eigenvalue weighted by Gasteiger charge is -2.28. The summed E-state index contributed by atoms with van der Waals surface area (Å²) in [6.07, 6.45) is 0.996. The van der Waals surface area contributed by atoms with Crippen molar-refractivity contribution in [1.29, 1.82) is 0 Å². The third-order valence-corrected chi connectivity index (χ3v) is 4.03. The van der Waals surface area contributed by atoms with Gasteiger partial charge < -0.3 is 20.9 Å². The molecule has 2 heterocycles. The molecule has 0 aromatic carbocycles. The van der Waals surface area contributed by atoms with Crippen molar-refractivity contribution in [2.24, 2.45) is 16.8 Å². The van der Waals surface area contributed by atoms with Gasteiger partial charge in [0.25, 0.3) is 0 Å². The van der Waals surface area contributed by atoms with E-state index in [9.17, 15) is 5.11 Å². The van der Waals surface area contributed by atoms with Crippen LogP contribution in [0.15, 0.2) is 11.2 Å². The van der Waals surface area contributed by atoms with Gasteiger partial charge in [-0.15, -0.1) is 0 Å². The van der Waals surface area contributed by atoms with Gasteiger partial charge in [0.05, 0.1) is 18.2 Å². The van der Waals surface area contributed by atoms with Crippen LogP contribution in [0.3, 0.4) is 0 Å². The number of rotatable bonds is 3. The fourth-order valence-electron chi connectivity index (χ4n) is 2.94. The Morgan fingerprint density at radius 1 is 1.55 bits per heavy atom. The summed E-state index contributed by atoms with van der Waals surface area (Å²) in [4.78, 5) is 6.63. The molecule has 6 nitrogen and oxygen atoms in total. The molecule has 0 amide bonds. The largest absolute Gasteiger partial charge is 0.409 e. The molecule has 2 atom stereocenters. The van der Waals surface area contributed by atoms with Gasteiger partial charge in [-0.3, -0.25) is 0 Å². The first-order valence-electron chi connectivity index (χ1n) is 6.83. The number of oxime groups is 1. The summed E-state index contributed by atoms with van der Waals surface area (Å²) in [5.74, 6) is 1.14. The number of nitrogens with two attached hydrogens (primary N) is 1. The second kappa shape index (κ2) is 5.66. The molecule has 110 valence electrons. The molecule has 1 aliphatic heterocycles. The number of aliphatic hydroxyl groups excluding tert-OH is 1. The monoisotopic (exact) mass is 278 g/mol. The highest BCUT2D eigenvalue weighted by atomic mass is 16.4. The first-order chi connectivity index (χ1) is 9.49. The normalized spacial score (nSPS) is 23.4. The quantitative estimate of drug-likeness (QED) is 0.332. The zero-order valence-electron chi connectivity index (χ0n) is 12.2. The van der Waals surface area contributed by atoms with Gasteiger partial charge in [0.2, 0.25) is 0 Å². The molecule has 0 spiro atoms. The van der Waals surface area contributed by atoms with Crippen LogP contribution in [0.25, 0.3) is 0 Å². The number of hydrogen-bond acceptors (Lipinski definition) is 5. The molecule has 4 N–H and O–H groups in total. The first-order valence-corrected chi connectivity index (χ1v) is 6.83. The molecule has 1 aromatic rings. The zero-order valence-corrected chi connectivity index (χ0v) is 12.2. The Morgan fingerprint density at radius 3 is 2.85 bits per heavy atom. The molecule has 2 rings (SSSR count). The molecule has 1 saturated heterocycles. The molecule has 1 aromatic heterocycles. The van der Waals surface area contributed by atoms with Crippen LogP contribution in [0.5, 0.6) is 0 Å². The van der Waals surface area contributed by atoms with Crippen LogP contribution in [0, 0.1) is 19.8 Å². The summed E-state index contributed by atoms with van der Waals surface area (Å²) in [7, 11) is 0. The van der Waals surface area contributed by atoms with Gasteiger partial charge >= 0.3 is 0 Å². The minimum absolute atomic E-state index is 0.0222. The maximum absolute atomic E-state index is 9.61. The van der Waals surface area contributed by atoms with Gasteiger partial charge in [0.1, 0.15) is 5.82 Å². The van der Waals surface area contributed by atoms with Crippen molar-refractivity contribution in [2.45, 2.75) is 33.2 Å². The predicted molar refractivity (Wildman–Crippen MR) is 78.2 cm³/mol. The van der Waals surface area contributed by atoms with Gasteiger partial charge in [-0.2, -0.15) is 0 Å². The SMILES string of the molecule is Cc1cc(C)c(/C(N)=N/O)c(N2CCC(C)C2CO)n1. The molecule has 6 heteroatoms. The number of nitrogens with zero attached hydrogens (tertiary/aromatic N) is 3. The molecule has 0 radical (unpaired) electrons. The highest BCUT2D eigenvalue weighted by Crippen LogP contribution is 2.32. The van der Waals surface area contributed by atoms with Crippen LogP contribution in [0.4, 0.5) is 5.82 Å². The average Bonchev–Trinajstić information content (AvgIpc) is 2.78. The molecule has 1 aliphatic rings. The summed E-state index contributed by atoms with van der Waals surface area (Å²) in [5.41, 5.74) is 8.24. The van der Waals surface area contributed by atoms with Crippen LogP contribution < -0.4 is 10.6 Å². The van der Waals surface area contributed by atoms with Crippen molar-refractivity contribution >= 4 is 11.7 Å². The molecular weight excluding hydrogens is 256 g/mol. The minimum atomic E-state index is 0.0222. The van der Waals surface area contributed by atoms with Crippen LogP contribution in [0.1, 0.15) is 30.2 Å². The lowest BCUT2D eigenvalue weighted by Crippen LogP contribution is -2.37. The molecule has 0 bridgehead atoms. The lowest BCUT2D eigenvalue weighted by atomic mass is 10.0. The summed E-state index contributed by atoms with van der Waals surface area (Å²) in [5, 5.41) is 21.7. The van der Waals surface area contributed by atoms with E-state index in [1.54, 1.807) is 0 Å². The topological polar surface area (TPSA) is 95.0 Å². The highest BCUT2D eigenvalue weighted by molar-refractivity contribution is 6.02. The Hall–Kier alpha value is -1.82. The zero-order chi connectivity index (χ0) is 14.9. The Bertz CT molecular complexity index is 530. The summed E-state index contributed by atoms with van der Waals surface area (Å²) >= 11 is 0. The van der Waals surface area contributed by atoms with Gasteiger partial charge in [-0.1, -0.05) is 12.1 Å². The number of hydrogen-bond donors (Lipinski definition) is 3. The second-order valence-corrected chi connectivity index (χ2v) is 5.47. The van der Waals surface area contributed by atoms with E-state index in [0.29, 0.717) is 17.3 Å². The number of aryl methyl sites for hydroxylation is 2. The Kier molecular flexibility index (Phi) is 4.13. The maximum Gasteiger partial charge on any atom is 0.174 e. The van der Waals surface area contributed by atoms with E-state index in [1.807, 2.05) is 19.9 Å². The fraction of sp³-hybridized carbons (Fsp3) is 0.571. The van der Waals surface area contributed by atoms with Crippen LogP contribution >= 0.6 is 0 Å². The minimum Gasteiger partial charge on any atom is -0.409 e. The van der Waals surface area contributed by atoms with E-state index in [0.717, 1.165) is 24.2 Å². The molecule has 1 fully saturated rings. The summed E-state index contributed by atoms with van der Waals surface area (Å²) < 4.78 is 0. The average molecular weight is 278 g/mol. The Morgan fingerprint density at radius 2 is 2.25 bits per heavy atom. The highest BCUT2D eigenvalue weighted by Gasteiger charge is 2.33. The Labute approximate surface area is 118 Å². The fourth-order valence-corrected chi connectivity index (χ4v) is 2.94. The molecule has 0 aliphatic carbocycles. The smallest absolute Gasteiger partial charge is 0.174 e. The van der Waals surface area contributed by atoms with E-state index < -0.39 is 0 Å². The van der Waals surface area contributed by atoms with Gasteiger partial charge in [-0.05, 0) is 37.8 Å². The van der Waals surface area contributed by atoms with Crippen molar-refractivity contribution in [3.8, 4) is 0 Å². The number of aliphatic hydroxyl groups is 1. The van der Waals surface area contributed by atoms with Gasteiger partial charge in [-0.25, -0.2) is 4.98 Å². The third kappa shape index (κ3) is 2.43. The molecule has 0 saturated carbocycles. The molecule has 20 heavy (non-hydrogen) atoms. The number of anilines is 1. The van der Waals surface area contributed by atoms with E-state index in [4.69, 9.17) is 10.9 Å². The van der Waals surface area contributed by atoms with Gasteiger partial charge in [0, 0.05) is 12.2 Å². The number of pyridine rings is 1. The maximum atomic E-state index is 9.61. The van der Waals surface area contributed by atoms with Crippen LogP contribution in [-0.2, 0) is 0 Å². The van der Waals surface area contributed by atoms with Crippen LogP contribution in [-0.4, -0.2) is 40.3 Å². The summed E-state index contributed by atoms with van der Waals surface area (Å²) in [6.45, 7) is 6.84. The number of aromatic nitrogens is 1. The second-order valence-electron chi connectivity index (χ2n) is 5.47. The van der Waals surface area contributed by atoms with Crippen molar-refractivity contribution in [3.05, 3.63) is 22.9 Å². The van der Waals surface area contributed by atoms with Crippen molar-refractivity contribution in [3.63, 3.8) is 0 Å². The standard InChI is InChI=1S/C14H22N4O2/c1-8-4-5-18(11(8)7-19)14-12(13(15)17-20)9(2)6-10(3)16-14/h6,8,11,19-20H,4-5,7H2,1-3H3,(H2,15,17). The van der Waals surface area contributed by atoms with Crippen LogP contribution in [0.2, 0.25) is 0 Å². The lowest BCUT2D eigenvalue weighted by molar-refractivity contribution is 0.244. The predicted octanol–water partition coefficient (Wildman–Crippen LogP) is 1.00. The van der Waals surface area contributed by atoms with E-state index in [1.165, 1.54) is 0 Å². The Balaban J connectivity index is 2.55. The van der Waals surface area contributed by atoms with Crippen molar-refractivity contribution in [1.82, 2.24) is 4.98 Å². The van der Waals surface area contributed by atoms with E-state index >= 15 is 0 Å². The first kappa shape index (κ1) is 14.6. The van der Waals surface area contributed by atoms with Crippen molar-refractivity contribution < 1.29 is 10.3 Å². The van der Waals surface area contributed by atoms with Gasteiger partial charge in [0.15, 0.2) is 5.84 Å². The van der Waals surface area contributed by atoms with E-state index in [2.05, 4.69) is 22.0 Å². The molecule has 2 unspecified atom stereocenters. The van der Waals surface area contributed by atoms with E-state index in [-0.39, 0.29) is 18.5 Å². The third-order valence-electron chi connectivity index (χ3n) is 4.03. The molecular formula is C14H22N4O2. The summed E-state index contributed by atoms with van der Waals surface area (Å²) in [6, 6.07) is 1.93.